The first-order valence-electron chi connectivity index (χ1n) is 3.87. The third-order valence-corrected chi connectivity index (χ3v) is 2.13. The molecular formula is C8H7ClN4O. The summed E-state index contributed by atoms with van der Waals surface area (Å²) in [6.45, 7) is 0. The molecule has 2 rings (SSSR count). The fraction of sp³-hybridized carbons (Fsp3) is 0. The minimum absolute atomic E-state index is 0.213. The van der Waals surface area contributed by atoms with Crippen LogP contribution >= 0.6 is 11.6 Å². The van der Waals surface area contributed by atoms with Gasteiger partial charge in [0.25, 0.3) is 5.56 Å². The molecule has 0 amide bonds. The number of aromatic nitrogens is 2. The largest absolute Gasteiger partial charge is 0.294 e. The molecule has 0 radical (unpaired) electrons. The number of nitrogens with zero attached hydrogens (tertiary/aromatic N) is 1. The number of hydrazine groups is 1. The topological polar surface area (TPSA) is 83.8 Å². The zero-order valence-corrected chi connectivity index (χ0v) is 7.80. The van der Waals surface area contributed by atoms with Crippen LogP contribution < -0.4 is 16.8 Å². The van der Waals surface area contributed by atoms with E-state index in [-0.39, 0.29) is 11.5 Å². The lowest BCUT2D eigenvalue weighted by atomic mass is 10.2. The summed E-state index contributed by atoms with van der Waals surface area (Å²) in [5.41, 5.74) is 2.47. The van der Waals surface area contributed by atoms with Crippen molar-refractivity contribution in [3.05, 3.63) is 33.6 Å². The highest BCUT2D eigenvalue weighted by Gasteiger charge is 2.05. The number of nitrogens with two attached hydrogens (primary N) is 1. The Morgan fingerprint density at radius 1 is 1.50 bits per heavy atom. The minimum Gasteiger partial charge on any atom is -0.294 e. The molecule has 5 nitrogen and oxygen atoms in total. The molecule has 0 saturated carbocycles. The standard InChI is InChI=1S/C8H7ClN4O/c9-4-2-1-3-5-6(4)7(14)12-8(11-5)13-10/h1-3H,10H2,(H2,11,12,13,14). The number of hydrogen-bond acceptors (Lipinski definition) is 4. The number of nitrogen functional groups attached to an aromatic ring is 1. The van der Waals surface area contributed by atoms with Gasteiger partial charge < -0.3 is 0 Å². The van der Waals surface area contributed by atoms with Gasteiger partial charge in [-0.3, -0.25) is 15.2 Å². The summed E-state index contributed by atoms with van der Waals surface area (Å²) in [6, 6.07) is 5.05. The summed E-state index contributed by atoms with van der Waals surface area (Å²) in [5.74, 6) is 5.34. The molecule has 0 aliphatic carbocycles. The molecule has 6 heteroatoms. The van der Waals surface area contributed by atoms with E-state index in [4.69, 9.17) is 17.4 Å². The van der Waals surface area contributed by atoms with Gasteiger partial charge in [-0.15, -0.1) is 0 Å². The molecule has 0 aliphatic heterocycles. The van der Waals surface area contributed by atoms with Crippen LogP contribution in [0.3, 0.4) is 0 Å². The number of anilines is 1. The first kappa shape index (κ1) is 8.98. The van der Waals surface area contributed by atoms with E-state index in [9.17, 15) is 4.79 Å². The number of hydrogen-bond donors (Lipinski definition) is 3. The van der Waals surface area contributed by atoms with Gasteiger partial charge in [-0.05, 0) is 12.1 Å². The van der Waals surface area contributed by atoms with Crippen LogP contribution in [0.25, 0.3) is 10.9 Å². The molecular weight excluding hydrogens is 204 g/mol. The predicted octanol–water partition coefficient (Wildman–Crippen LogP) is 0.862. The van der Waals surface area contributed by atoms with Crippen molar-refractivity contribution in [1.29, 1.82) is 0 Å². The van der Waals surface area contributed by atoms with Crippen LogP contribution in [0.4, 0.5) is 5.95 Å². The fourth-order valence-electron chi connectivity index (χ4n) is 1.22. The van der Waals surface area contributed by atoms with Gasteiger partial charge in [0.15, 0.2) is 0 Å². The summed E-state index contributed by atoms with van der Waals surface area (Å²) in [4.78, 5) is 18.0. The molecule has 0 unspecified atom stereocenters. The Balaban J connectivity index is 2.90. The monoisotopic (exact) mass is 210 g/mol. The molecule has 0 aliphatic rings. The van der Waals surface area contributed by atoms with Crippen molar-refractivity contribution < 1.29 is 0 Å². The van der Waals surface area contributed by atoms with Crippen molar-refractivity contribution in [3.8, 4) is 0 Å². The molecule has 0 saturated heterocycles. The molecule has 4 N–H and O–H groups in total. The maximum atomic E-state index is 11.5. The van der Waals surface area contributed by atoms with Gasteiger partial charge in [0, 0.05) is 0 Å². The Labute approximate surface area is 83.9 Å². The van der Waals surface area contributed by atoms with Crippen molar-refractivity contribution >= 4 is 28.5 Å². The minimum atomic E-state index is -0.312. The Morgan fingerprint density at radius 2 is 2.29 bits per heavy atom. The van der Waals surface area contributed by atoms with Crippen LogP contribution in [0.2, 0.25) is 5.02 Å². The third-order valence-electron chi connectivity index (χ3n) is 1.82. The zero-order chi connectivity index (χ0) is 10.1. The third kappa shape index (κ3) is 1.32. The number of rotatable bonds is 1. The number of benzene rings is 1. The number of H-pyrrole nitrogens is 1. The van der Waals surface area contributed by atoms with Crippen LogP contribution in [-0.2, 0) is 0 Å². The van der Waals surface area contributed by atoms with Gasteiger partial charge in [-0.1, -0.05) is 17.7 Å². The highest BCUT2D eigenvalue weighted by Crippen LogP contribution is 2.18. The van der Waals surface area contributed by atoms with Crippen molar-refractivity contribution in [3.63, 3.8) is 0 Å². The number of halogens is 1. The average molecular weight is 211 g/mol. The van der Waals surface area contributed by atoms with E-state index in [0.29, 0.717) is 15.9 Å². The van der Waals surface area contributed by atoms with Gasteiger partial charge in [-0.2, -0.15) is 0 Å². The van der Waals surface area contributed by atoms with Crippen molar-refractivity contribution in [2.24, 2.45) is 5.84 Å². The van der Waals surface area contributed by atoms with Crippen LogP contribution in [0, 0.1) is 0 Å². The SMILES string of the molecule is NNc1nc2cccc(Cl)c2c(=O)[nH]1. The quantitative estimate of drug-likeness (QED) is 0.482. The van der Waals surface area contributed by atoms with Gasteiger partial charge in [0.1, 0.15) is 0 Å². The molecule has 2 aromatic rings. The summed E-state index contributed by atoms with van der Waals surface area (Å²) < 4.78 is 0. The van der Waals surface area contributed by atoms with E-state index < -0.39 is 0 Å². The maximum Gasteiger partial charge on any atom is 0.261 e. The van der Waals surface area contributed by atoms with E-state index in [1.165, 1.54) is 0 Å². The van der Waals surface area contributed by atoms with Crippen LogP contribution in [0.5, 0.6) is 0 Å². The number of fused-ring (bicyclic) bond motifs is 1. The zero-order valence-electron chi connectivity index (χ0n) is 7.04. The summed E-state index contributed by atoms with van der Waals surface area (Å²) in [6.07, 6.45) is 0. The van der Waals surface area contributed by atoms with Crippen molar-refractivity contribution in [2.45, 2.75) is 0 Å². The second-order valence-corrected chi connectivity index (χ2v) is 3.10. The predicted molar refractivity (Wildman–Crippen MR) is 55.2 cm³/mol. The van der Waals surface area contributed by atoms with E-state index in [0.717, 1.165) is 0 Å². The van der Waals surface area contributed by atoms with E-state index in [1.807, 2.05) is 0 Å². The molecule has 72 valence electrons. The second kappa shape index (κ2) is 3.28. The van der Waals surface area contributed by atoms with E-state index >= 15 is 0 Å². The highest BCUT2D eigenvalue weighted by atomic mass is 35.5. The van der Waals surface area contributed by atoms with Crippen LogP contribution in [0.15, 0.2) is 23.0 Å². The summed E-state index contributed by atoms with van der Waals surface area (Å²) >= 11 is 5.85. The Hall–Kier alpha value is -1.59. The van der Waals surface area contributed by atoms with E-state index in [2.05, 4.69) is 15.4 Å². The van der Waals surface area contributed by atoms with Gasteiger partial charge in [0.05, 0.1) is 15.9 Å². The first-order valence-corrected chi connectivity index (χ1v) is 4.25. The van der Waals surface area contributed by atoms with Crippen LogP contribution in [0.1, 0.15) is 0 Å². The molecule has 1 aromatic heterocycles. The molecule has 0 bridgehead atoms. The first-order chi connectivity index (χ1) is 6.72. The highest BCUT2D eigenvalue weighted by molar-refractivity contribution is 6.35. The lowest BCUT2D eigenvalue weighted by Crippen LogP contribution is -2.17. The van der Waals surface area contributed by atoms with Crippen molar-refractivity contribution in [2.75, 3.05) is 5.43 Å². The van der Waals surface area contributed by atoms with Gasteiger partial charge in [-0.25, -0.2) is 10.8 Å². The Bertz CT molecular complexity index is 536. The van der Waals surface area contributed by atoms with Gasteiger partial charge >= 0.3 is 0 Å². The second-order valence-electron chi connectivity index (χ2n) is 2.69. The summed E-state index contributed by atoms with van der Waals surface area (Å²) in [7, 11) is 0. The normalized spacial score (nSPS) is 10.4. The molecule has 14 heavy (non-hydrogen) atoms. The molecule has 0 spiro atoms. The average Bonchev–Trinajstić information content (AvgIpc) is 2.17. The van der Waals surface area contributed by atoms with Crippen LogP contribution in [-0.4, -0.2) is 9.97 Å². The lowest BCUT2D eigenvalue weighted by molar-refractivity contribution is 1.12. The molecule has 0 atom stereocenters. The maximum absolute atomic E-state index is 11.5. The number of nitrogens with one attached hydrogen (secondary N) is 2. The van der Waals surface area contributed by atoms with Gasteiger partial charge in [0.2, 0.25) is 5.95 Å². The summed E-state index contributed by atoms with van der Waals surface area (Å²) in [5, 5.41) is 0.744. The Kier molecular flexibility index (Phi) is 2.11. The molecule has 1 aromatic carbocycles. The number of aromatic amines is 1. The smallest absolute Gasteiger partial charge is 0.261 e. The van der Waals surface area contributed by atoms with Crippen molar-refractivity contribution in [1.82, 2.24) is 9.97 Å². The Morgan fingerprint density at radius 3 is 3.00 bits per heavy atom. The molecule has 1 heterocycles. The lowest BCUT2D eigenvalue weighted by Gasteiger charge is -2.01. The van der Waals surface area contributed by atoms with E-state index in [1.54, 1.807) is 18.2 Å². The fourth-order valence-corrected chi connectivity index (χ4v) is 1.47. The molecule has 0 fully saturated rings.